The maximum absolute atomic E-state index is 12.4. The number of nitrogens with one attached hydrogen (secondary N) is 2. The van der Waals surface area contributed by atoms with Gasteiger partial charge in [0.2, 0.25) is 5.91 Å². The summed E-state index contributed by atoms with van der Waals surface area (Å²) in [6.07, 6.45) is -0.239. The van der Waals surface area contributed by atoms with Gasteiger partial charge in [0.05, 0.1) is 12.8 Å². The minimum atomic E-state index is -0.614. The van der Waals surface area contributed by atoms with Crippen LogP contribution in [0.5, 0.6) is 5.75 Å². The van der Waals surface area contributed by atoms with Crippen LogP contribution in [0.2, 0.25) is 0 Å². The molecule has 0 aliphatic heterocycles. The van der Waals surface area contributed by atoms with Crippen LogP contribution in [0.25, 0.3) is 0 Å². The van der Waals surface area contributed by atoms with Crippen molar-refractivity contribution in [3.05, 3.63) is 54.1 Å². The van der Waals surface area contributed by atoms with E-state index in [9.17, 15) is 9.59 Å². The molecule has 0 bridgehead atoms. The Morgan fingerprint density at radius 1 is 1.04 bits per heavy atom. The van der Waals surface area contributed by atoms with E-state index in [0.29, 0.717) is 23.5 Å². The normalized spacial score (nSPS) is 12.0. The Balaban J connectivity index is 2.05. The van der Waals surface area contributed by atoms with Crippen LogP contribution >= 0.6 is 0 Å². The number of amides is 2. The van der Waals surface area contributed by atoms with Gasteiger partial charge in [0.1, 0.15) is 11.4 Å². The van der Waals surface area contributed by atoms with Crippen molar-refractivity contribution >= 4 is 23.4 Å². The molecule has 0 fully saturated rings. The van der Waals surface area contributed by atoms with E-state index in [1.54, 1.807) is 39.0 Å². The lowest BCUT2D eigenvalue weighted by Crippen LogP contribution is -2.27. The summed E-state index contributed by atoms with van der Waals surface area (Å²) in [7, 11) is 1.51. The maximum atomic E-state index is 12.4. The Kier molecular flexibility index (Phi) is 7.04. The number of hydrogen-bond donors (Lipinski definition) is 2. The largest absolute Gasteiger partial charge is 0.495 e. The second-order valence-corrected chi connectivity index (χ2v) is 7.61. The molecule has 1 atom stereocenters. The zero-order valence-electron chi connectivity index (χ0n) is 17.0. The van der Waals surface area contributed by atoms with Crippen LogP contribution < -0.4 is 15.4 Å². The molecule has 6 nitrogen and oxygen atoms in total. The van der Waals surface area contributed by atoms with E-state index < -0.39 is 11.7 Å². The molecular weight excluding hydrogens is 356 g/mol. The van der Waals surface area contributed by atoms with E-state index in [1.165, 1.54) is 7.11 Å². The van der Waals surface area contributed by atoms with Crippen molar-refractivity contribution in [2.45, 2.75) is 45.6 Å². The van der Waals surface area contributed by atoms with Gasteiger partial charge in [0.15, 0.2) is 0 Å². The summed E-state index contributed by atoms with van der Waals surface area (Å²) in [5.41, 5.74) is 1.49. The molecule has 150 valence electrons. The first kappa shape index (κ1) is 21.3. The molecule has 0 saturated carbocycles. The molecule has 0 heterocycles. The Labute approximate surface area is 166 Å². The zero-order valence-corrected chi connectivity index (χ0v) is 17.0. The molecule has 2 N–H and O–H groups in total. The molecule has 28 heavy (non-hydrogen) atoms. The topological polar surface area (TPSA) is 76.7 Å². The second kappa shape index (κ2) is 9.26. The van der Waals surface area contributed by atoms with Gasteiger partial charge in [-0.1, -0.05) is 37.3 Å². The van der Waals surface area contributed by atoms with Gasteiger partial charge in [-0.25, -0.2) is 4.79 Å². The number of benzene rings is 2. The molecule has 2 aromatic rings. The summed E-state index contributed by atoms with van der Waals surface area (Å²) in [6.45, 7) is 7.37. The Bertz CT molecular complexity index is 813. The predicted octanol–water partition coefficient (Wildman–Crippen LogP) is 5.17. The standard InChI is InChI=1S/C22H28N2O4/c1-15(16-9-7-6-8-10-16)13-20(25)23-17-11-12-19(27-5)18(14-17)24-21(26)28-22(2,3)4/h6-12,14-15H,13H2,1-5H3,(H,23,25)(H,24,26). The van der Waals surface area contributed by atoms with Crippen LogP contribution in [-0.4, -0.2) is 24.7 Å². The quantitative estimate of drug-likeness (QED) is 0.720. The highest BCUT2D eigenvalue weighted by molar-refractivity contribution is 5.93. The zero-order chi connectivity index (χ0) is 20.7. The van der Waals surface area contributed by atoms with E-state index in [1.807, 2.05) is 37.3 Å². The molecule has 0 saturated heterocycles. The van der Waals surface area contributed by atoms with E-state index in [0.717, 1.165) is 5.56 Å². The Morgan fingerprint density at radius 2 is 1.71 bits per heavy atom. The predicted molar refractivity (Wildman–Crippen MR) is 111 cm³/mol. The minimum absolute atomic E-state index is 0.0961. The highest BCUT2D eigenvalue weighted by Gasteiger charge is 2.18. The summed E-state index contributed by atoms with van der Waals surface area (Å²) in [5, 5.41) is 5.53. The molecule has 0 aliphatic carbocycles. The van der Waals surface area contributed by atoms with E-state index in [-0.39, 0.29) is 11.8 Å². The summed E-state index contributed by atoms with van der Waals surface area (Å²) in [5.74, 6) is 0.463. The van der Waals surface area contributed by atoms with Gasteiger partial charge in [-0.3, -0.25) is 10.1 Å². The lowest BCUT2D eigenvalue weighted by Gasteiger charge is -2.20. The van der Waals surface area contributed by atoms with Crippen LogP contribution in [0.15, 0.2) is 48.5 Å². The number of carbonyl (C=O) groups excluding carboxylic acids is 2. The summed E-state index contributed by atoms with van der Waals surface area (Å²) in [4.78, 5) is 24.5. The maximum Gasteiger partial charge on any atom is 0.412 e. The third kappa shape index (κ3) is 6.61. The number of methoxy groups -OCH3 is 1. The molecule has 0 spiro atoms. The van der Waals surface area contributed by atoms with Gasteiger partial charge in [0.25, 0.3) is 0 Å². The fourth-order valence-corrected chi connectivity index (χ4v) is 2.69. The first-order valence-corrected chi connectivity index (χ1v) is 9.21. The van der Waals surface area contributed by atoms with Crippen molar-refractivity contribution in [1.29, 1.82) is 0 Å². The van der Waals surface area contributed by atoms with E-state index in [2.05, 4.69) is 10.6 Å². The number of carbonyl (C=O) groups is 2. The average molecular weight is 384 g/mol. The van der Waals surface area contributed by atoms with Crippen molar-refractivity contribution < 1.29 is 19.1 Å². The lowest BCUT2D eigenvalue weighted by molar-refractivity contribution is -0.116. The third-order valence-corrected chi connectivity index (χ3v) is 3.98. The molecule has 1 unspecified atom stereocenters. The first-order chi connectivity index (χ1) is 13.2. The molecule has 0 radical (unpaired) electrons. The average Bonchev–Trinajstić information content (AvgIpc) is 2.61. The van der Waals surface area contributed by atoms with Crippen LogP contribution in [-0.2, 0) is 9.53 Å². The molecule has 2 aromatic carbocycles. The Morgan fingerprint density at radius 3 is 2.32 bits per heavy atom. The van der Waals surface area contributed by atoms with Crippen molar-refractivity contribution in [3.8, 4) is 5.75 Å². The van der Waals surface area contributed by atoms with Crippen molar-refractivity contribution in [1.82, 2.24) is 0 Å². The van der Waals surface area contributed by atoms with Crippen molar-refractivity contribution in [2.24, 2.45) is 0 Å². The summed E-state index contributed by atoms with van der Waals surface area (Å²) >= 11 is 0. The highest BCUT2D eigenvalue weighted by atomic mass is 16.6. The molecule has 6 heteroatoms. The summed E-state index contributed by atoms with van der Waals surface area (Å²) < 4.78 is 10.5. The highest BCUT2D eigenvalue weighted by Crippen LogP contribution is 2.29. The minimum Gasteiger partial charge on any atom is -0.495 e. The fourth-order valence-electron chi connectivity index (χ4n) is 2.69. The molecule has 2 rings (SSSR count). The molecule has 0 aromatic heterocycles. The van der Waals surface area contributed by atoms with Crippen molar-refractivity contribution in [2.75, 3.05) is 17.7 Å². The Hall–Kier alpha value is -3.02. The van der Waals surface area contributed by atoms with Crippen LogP contribution in [0.3, 0.4) is 0 Å². The van der Waals surface area contributed by atoms with Gasteiger partial charge < -0.3 is 14.8 Å². The summed E-state index contributed by atoms with van der Waals surface area (Å²) in [6, 6.07) is 14.9. The smallest absolute Gasteiger partial charge is 0.412 e. The molecule has 0 aliphatic rings. The van der Waals surface area contributed by atoms with E-state index >= 15 is 0 Å². The molecule has 2 amide bonds. The van der Waals surface area contributed by atoms with Gasteiger partial charge in [-0.2, -0.15) is 0 Å². The SMILES string of the molecule is COc1ccc(NC(=O)CC(C)c2ccccc2)cc1NC(=O)OC(C)(C)C. The van der Waals surface area contributed by atoms with E-state index in [4.69, 9.17) is 9.47 Å². The van der Waals surface area contributed by atoms with Crippen LogP contribution in [0, 0.1) is 0 Å². The first-order valence-electron chi connectivity index (χ1n) is 9.21. The van der Waals surface area contributed by atoms with Gasteiger partial charge in [-0.15, -0.1) is 0 Å². The van der Waals surface area contributed by atoms with Gasteiger partial charge in [0, 0.05) is 12.1 Å². The van der Waals surface area contributed by atoms with Gasteiger partial charge in [-0.05, 0) is 50.5 Å². The lowest BCUT2D eigenvalue weighted by atomic mass is 9.97. The monoisotopic (exact) mass is 384 g/mol. The number of ether oxygens (including phenoxy) is 2. The number of anilines is 2. The second-order valence-electron chi connectivity index (χ2n) is 7.61. The number of hydrogen-bond acceptors (Lipinski definition) is 4. The molecular formula is C22H28N2O4. The third-order valence-electron chi connectivity index (χ3n) is 3.98. The number of rotatable bonds is 6. The van der Waals surface area contributed by atoms with Gasteiger partial charge >= 0.3 is 6.09 Å². The van der Waals surface area contributed by atoms with Crippen LogP contribution in [0.1, 0.15) is 45.6 Å². The fraction of sp³-hybridized carbons (Fsp3) is 0.364. The van der Waals surface area contributed by atoms with Crippen molar-refractivity contribution in [3.63, 3.8) is 0 Å². The van der Waals surface area contributed by atoms with Crippen LogP contribution in [0.4, 0.5) is 16.2 Å².